The zero-order chi connectivity index (χ0) is 26.5. The van der Waals surface area contributed by atoms with Gasteiger partial charge in [0.2, 0.25) is 4.79 Å². The highest BCUT2D eigenvalue weighted by Gasteiger charge is 2.61. The van der Waals surface area contributed by atoms with Crippen molar-refractivity contribution in [1.29, 1.82) is 0 Å². The zero-order valence-corrected chi connectivity index (χ0v) is 20.8. The van der Waals surface area contributed by atoms with Crippen molar-refractivity contribution in [2.75, 3.05) is 6.61 Å². The molecule has 6 nitrogen and oxygen atoms in total. The Balaban J connectivity index is 1.25. The van der Waals surface area contributed by atoms with Crippen LogP contribution in [0.15, 0.2) is 115 Å². The molecule has 6 heteroatoms. The van der Waals surface area contributed by atoms with Gasteiger partial charge in [0.1, 0.15) is 18.6 Å². The molecule has 0 unspecified atom stereocenters. The van der Waals surface area contributed by atoms with Gasteiger partial charge in [-0.3, -0.25) is 4.84 Å². The molecule has 5 rings (SSSR count). The van der Waals surface area contributed by atoms with E-state index in [2.05, 4.69) is 24.3 Å². The van der Waals surface area contributed by atoms with Gasteiger partial charge in [-0.25, -0.2) is 4.79 Å². The van der Waals surface area contributed by atoms with Gasteiger partial charge in [-0.1, -0.05) is 91.0 Å². The summed E-state index contributed by atoms with van der Waals surface area (Å²) in [4.78, 5) is 31.4. The lowest BCUT2D eigenvalue weighted by molar-refractivity contribution is -0.899. The van der Waals surface area contributed by atoms with Crippen molar-refractivity contribution in [2.45, 2.75) is 24.0 Å². The average molecular weight is 509 g/mol. The van der Waals surface area contributed by atoms with E-state index in [4.69, 9.17) is 4.84 Å². The third-order valence-electron chi connectivity index (χ3n) is 7.20. The number of nitrogens with two attached hydrogens (primary N) is 1. The number of carbonyl (C=O) groups is 2. The molecule has 1 saturated carbocycles. The molecule has 38 heavy (non-hydrogen) atoms. The second kappa shape index (κ2) is 11.5. The predicted molar refractivity (Wildman–Crippen MR) is 142 cm³/mol. The number of rotatable bonds is 10. The number of hydrogen-bond donors (Lipinski definition) is 3. The third kappa shape index (κ3) is 5.43. The van der Waals surface area contributed by atoms with Crippen molar-refractivity contribution in [1.82, 2.24) is 0 Å². The molecular weight excluding hydrogens is 478 g/mol. The summed E-state index contributed by atoms with van der Waals surface area (Å²) in [5.41, 5.74) is 4.89. The van der Waals surface area contributed by atoms with Crippen molar-refractivity contribution in [3.05, 3.63) is 143 Å². The standard InChI is InChI=1S/C32H29NO5/c34-20-26(30(35)23-14-8-3-9-15-23)33-38-32(37)25-18-16-24(17-19-25)31(36)29-27(21-10-4-1-5-11-21)28(29)22-12-6-2-7-13-22/h1-19,26-30,33-35H,20H2/q+1/p+1/t26-,27+,28+,30-/m0/s1. The summed E-state index contributed by atoms with van der Waals surface area (Å²) >= 11 is 0. The number of hydroxylamine groups is 1. The molecule has 4 atom stereocenters. The number of carbonyl (C=O) groups excluding carboxylic acids is 2. The van der Waals surface area contributed by atoms with Crippen molar-refractivity contribution in [3.8, 4) is 0 Å². The first-order valence-electron chi connectivity index (χ1n) is 12.7. The normalized spacial score (nSPS) is 19.8. The highest BCUT2D eigenvalue weighted by molar-refractivity contribution is 6.02. The van der Waals surface area contributed by atoms with Gasteiger partial charge >= 0.3 is 11.8 Å². The lowest BCUT2D eigenvalue weighted by Crippen LogP contribution is -2.91. The summed E-state index contributed by atoms with van der Waals surface area (Å²) in [5, 5.41) is 20.2. The molecule has 4 N–H and O–H groups in total. The molecule has 0 saturated heterocycles. The number of aliphatic hydroxyl groups is 2. The average Bonchev–Trinajstić information content (AvgIpc) is 3.74. The topological polar surface area (TPSA) is 103 Å². The van der Waals surface area contributed by atoms with Crippen molar-refractivity contribution >= 4 is 11.8 Å². The van der Waals surface area contributed by atoms with Crippen LogP contribution in [-0.2, 0) is 4.84 Å². The van der Waals surface area contributed by atoms with Crippen LogP contribution in [0.1, 0.15) is 55.3 Å². The van der Waals surface area contributed by atoms with E-state index < -0.39 is 18.1 Å². The monoisotopic (exact) mass is 508 g/mol. The van der Waals surface area contributed by atoms with Crippen molar-refractivity contribution in [3.63, 3.8) is 0 Å². The van der Waals surface area contributed by atoms with Gasteiger partial charge in [0.15, 0.2) is 6.04 Å². The van der Waals surface area contributed by atoms with E-state index in [1.165, 1.54) is 0 Å². The Labute approximate surface area is 221 Å². The van der Waals surface area contributed by atoms with E-state index in [9.17, 15) is 19.8 Å². The molecule has 1 fully saturated rings. The Bertz CT molecular complexity index is 1310. The summed E-state index contributed by atoms with van der Waals surface area (Å²) in [6.45, 7) is -0.386. The van der Waals surface area contributed by atoms with E-state index in [1.54, 1.807) is 48.5 Å². The van der Waals surface area contributed by atoms with Crippen LogP contribution < -0.4 is 5.48 Å². The molecule has 4 aromatic rings. The first-order valence-corrected chi connectivity index (χ1v) is 12.7. The Hall–Kier alpha value is -4.10. The van der Waals surface area contributed by atoms with Gasteiger partial charge in [-0.05, 0) is 41.0 Å². The number of benzene rings is 4. The number of ketones is 1. The Morgan fingerprint density at radius 2 is 1.24 bits per heavy atom. The van der Waals surface area contributed by atoms with Gasteiger partial charge < -0.3 is 10.2 Å². The molecule has 191 valence electrons. The van der Waals surface area contributed by atoms with E-state index in [-0.39, 0.29) is 35.7 Å². The Morgan fingerprint density at radius 3 is 1.74 bits per heavy atom. The first kappa shape index (κ1) is 25.5. The molecule has 0 aromatic heterocycles. The van der Waals surface area contributed by atoms with Crippen molar-refractivity contribution in [2.24, 2.45) is 5.92 Å². The second-order valence-corrected chi connectivity index (χ2v) is 9.58. The van der Waals surface area contributed by atoms with Gasteiger partial charge in [0.05, 0.1) is 11.1 Å². The maximum atomic E-state index is 13.5. The lowest BCUT2D eigenvalue weighted by Gasteiger charge is -2.18. The van der Waals surface area contributed by atoms with Crippen LogP contribution in [0.2, 0.25) is 0 Å². The molecule has 0 spiro atoms. The fourth-order valence-corrected chi connectivity index (χ4v) is 5.11. The fraction of sp³-hybridized carbons (Fsp3) is 0.188. The molecule has 0 aliphatic heterocycles. The fourth-order valence-electron chi connectivity index (χ4n) is 5.11. The quantitative estimate of drug-likeness (QED) is 0.172. The summed E-state index contributed by atoms with van der Waals surface area (Å²) in [6.07, 6.45) is -1.01. The molecular formula is C32H30NO5+2. The second-order valence-electron chi connectivity index (χ2n) is 9.58. The molecule has 1 radical (unpaired) electrons. The minimum Gasteiger partial charge on any atom is -0.390 e. The number of hydrogen-bond acceptors (Lipinski definition) is 5. The largest absolute Gasteiger partial charge is 0.478 e. The summed E-state index contributed by atoms with van der Waals surface area (Å²) < 4.78 is 0. The van der Waals surface area contributed by atoms with E-state index in [0.29, 0.717) is 11.1 Å². The van der Waals surface area contributed by atoms with Crippen LogP contribution in [0.4, 0.5) is 0 Å². The zero-order valence-electron chi connectivity index (χ0n) is 20.8. The van der Waals surface area contributed by atoms with E-state index in [0.717, 1.165) is 16.6 Å². The maximum Gasteiger partial charge on any atom is 0.478 e. The molecule has 0 heterocycles. The minimum absolute atomic E-state index is 0.0468. The van der Waals surface area contributed by atoms with Crippen LogP contribution in [0.25, 0.3) is 0 Å². The van der Waals surface area contributed by atoms with E-state index >= 15 is 0 Å². The summed E-state index contributed by atoms with van der Waals surface area (Å²) in [5.74, 6) is -0.534. The summed E-state index contributed by atoms with van der Waals surface area (Å²) in [7, 11) is 0. The smallest absolute Gasteiger partial charge is 0.390 e. The predicted octanol–water partition coefficient (Wildman–Crippen LogP) is 3.80. The first-order chi connectivity index (χ1) is 18.6. The lowest BCUT2D eigenvalue weighted by atomic mass is 10.0. The highest BCUT2D eigenvalue weighted by Crippen LogP contribution is 2.61. The van der Waals surface area contributed by atoms with Crippen molar-refractivity contribution < 1.29 is 30.1 Å². The van der Waals surface area contributed by atoms with Crippen LogP contribution in [0.3, 0.4) is 0 Å². The van der Waals surface area contributed by atoms with Gasteiger partial charge in [-0.2, -0.15) is 0 Å². The van der Waals surface area contributed by atoms with Gasteiger partial charge in [0, 0.05) is 11.8 Å². The highest BCUT2D eigenvalue weighted by atomic mass is 16.7. The minimum atomic E-state index is -1.01. The van der Waals surface area contributed by atoms with Crippen LogP contribution in [-0.4, -0.2) is 34.6 Å². The molecule has 0 amide bonds. The SMILES string of the molecule is O=C(O[NH2+][C@@H](CO)[C@@H](O)c1ccccc1)c1ccc(C(=[O+])C2[C@H](c3ccccc3)[C@H]2c2ccccc2)cc1. The Kier molecular flexibility index (Phi) is 7.75. The van der Waals surface area contributed by atoms with Crippen LogP contribution >= 0.6 is 0 Å². The molecule has 4 aromatic carbocycles. The molecule has 0 bridgehead atoms. The number of Topliss-reactive ketones (excluding diaryl/α,β-unsaturated/α-hetero) is 1. The Morgan fingerprint density at radius 1 is 0.763 bits per heavy atom. The molecule has 1 aliphatic rings. The van der Waals surface area contributed by atoms with Crippen LogP contribution in [0.5, 0.6) is 0 Å². The number of aliphatic hydroxyl groups excluding tert-OH is 2. The van der Waals surface area contributed by atoms with E-state index in [1.807, 2.05) is 42.5 Å². The maximum absolute atomic E-state index is 13.5. The summed E-state index contributed by atoms with van der Waals surface area (Å²) in [6, 6.07) is 34.8. The third-order valence-corrected chi connectivity index (χ3v) is 7.20. The van der Waals surface area contributed by atoms with Gasteiger partial charge in [-0.15, -0.1) is 5.48 Å². The number of quaternary nitrogens is 1. The van der Waals surface area contributed by atoms with Crippen LogP contribution in [0, 0.1) is 5.92 Å². The van der Waals surface area contributed by atoms with Gasteiger partial charge in [0.25, 0.3) is 0 Å². The molecule has 1 aliphatic carbocycles.